The van der Waals surface area contributed by atoms with Crippen LogP contribution >= 0.6 is 22.6 Å². The van der Waals surface area contributed by atoms with Gasteiger partial charge in [0.2, 0.25) is 15.7 Å². The number of carbonyl (C=O) groups is 1. The maximum atomic E-state index is 12.7. The average Bonchev–Trinajstić information content (AvgIpc) is 3.34. The number of amides is 1. The van der Waals surface area contributed by atoms with Crippen molar-refractivity contribution in [1.29, 1.82) is 0 Å². The van der Waals surface area contributed by atoms with Crippen molar-refractivity contribution in [2.75, 3.05) is 29.9 Å². The number of sulfone groups is 1. The lowest BCUT2D eigenvalue weighted by molar-refractivity contribution is 0.203. The van der Waals surface area contributed by atoms with E-state index in [0.29, 0.717) is 40.2 Å². The Bertz CT molecular complexity index is 1530. The van der Waals surface area contributed by atoms with Crippen LogP contribution in [-0.4, -0.2) is 58.8 Å². The number of halogens is 1. The van der Waals surface area contributed by atoms with E-state index in [9.17, 15) is 21.6 Å². The Labute approximate surface area is 229 Å². The number of rotatable bonds is 8. The van der Waals surface area contributed by atoms with Gasteiger partial charge in [-0.2, -0.15) is 4.98 Å². The number of aryl methyl sites for hydroxylation is 1. The first kappa shape index (κ1) is 27.6. The van der Waals surface area contributed by atoms with E-state index in [1.165, 1.54) is 11.4 Å². The minimum Gasteiger partial charge on any atom is -0.434 e. The first-order valence-electron chi connectivity index (χ1n) is 11.7. The number of fused-ring (bicyclic) bond motifs is 1. The fourth-order valence-electron chi connectivity index (χ4n) is 4.36. The fraction of sp³-hybridized carbons (Fsp3) is 0.417. The molecule has 1 aliphatic rings. The molecule has 0 radical (unpaired) electrons. The maximum absolute atomic E-state index is 12.7. The van der Waals surface area contributed by atoms with Crippen LogP contribution in [0.3, 0.4) is 0 Å². The predicted molar refractivity (Wildman–Crippen MR) is 150 cm³/mol. The van der Waals surface area contributed by atoms with Crippen LogP contribution in [0.15, 0.2) is 34.7 Å². The first-order valence-corrected chi connectivity index (χ1v) is 16.3. The molecule has 1 N–H and O–H groups in total. The Morgan fingerprint density at radius 1 is 1.30 bits per heavy atom. The van der Waals surface area contributed by atoms with Gasteiger partial charge in [0.1, 0.15) is 0 Å². The molecule has 1 aromatic carbocycles. The molecule has 1 saturated heterocycles. The molecule has 0 aliphatic carbocycles. The van der Waals surface area contributed by atoms with Crippen LogP contribution in [0.4, 0.5) is 10.6 Å². The standard InChI is InChI=1S/C24H28IN3O7S2/c1-15-8-10-16(11-9-15)20-21(35-24(29)26-2)18-14-19(25)22(27-23(18)34-20)28(36(3,30)31)12-4-6-17-7-5-13-37(17,32)33/h8-11,14,17H,4-7,12-13H2,1-3H3,(H,26,29). The van der Waals surface area contributed by atoms with Crippen LogP contribution in [0.25, 0.3) is 22.4 Å². The van der Waals surface area contributed by atoms with E-state index in [1.807, 2.05) is 53.8 Å². The zero-order chi connectivity index (χ0) is 27.0. The molecule has 1 atom stereocenters. The molecule has 1 fully saturated rings. The van der Waals surface area contributed by atoms with Gasteiger partial charge in [0.15, 0.2) is 27.2 Å². The summed E-state index contributed by atoms with van der Waals surface area (Å²) in [5.74, 6) is 0.816. The topological polar surface area (TPSA) is 136 Å². The molecule has 1 amide bonds. The second-order valence-electron chi connectivity index (χ2n) is 9.02. The molecule has 3 aromatic rings. The average molecular weight is 662 g/mol. The summed E-state index contributed by atoms with van der Waals surface area (Å²) >= 11 is 1.98. The largest absolute Gasteiger partial charge is 0.434 e. The van der Waals surface area contributed by atoms with Gasteiger partial charge < -0.3 is 14.5 Å². The number of nitrogens with zero attached hydrogens (tertiary/aromatic N) is 2. The van der Waals surface area contributed by atoms with Crippen molar-refractivity contribution in [3.05, 3.63) is 39.5 Å². The minimum absolute atomic E-state index is 0.0759. The molecule has 13 heteroatoms. The van der Waals surface area contributed by atoms with Crippen molar-refractivity contribution in [3.8, 4) is 17.1 Å². The minimum atomic E-state index is -3.74. The Morgan fingerprint density at radius 2 is 2.00 bits per heavy atom. The Morgan fingerprint density at radius 3 is 2.59 bits per heavy atom. The molecular weight excluding hydrogens is 633 g/mol. The zero-order valence-electron chi connectivity index (χ0n) is 20.7. The van der Waals surface area contributed by atoms with Crippen molar-refractivity contribution in [1.82, 2.24) is 10.3 Å². The van der Waals surface area contributed by atoms with E-state index in [0.717, 1.165) is 11.8 Å². The van der Waals surface area contributed by atoms with Crippen LogP contribution in [0.5, 0.6) is 5.75 Å². The highest BCUT2D eigenvalue weighted by atomic mass is 127. The molecule has 1 unspecified atom stereocenters. The quantitative estimate of drug-likeness (QED) is 0.354. The van der Waals surface area contributed by atoms with Crippen LogP contribution in [0.1, 0.15) is 31.2 Å². The molecule has 1 aliphatic heterocycles. The van der Waals surface area contributed by atoms with Gasteiger partial charge in [-0.3, -0.25) is 4.31 Å². The number of hydrogen-bond acceptors (Lipinski definition) is 8. The summed E-state index contributed by atoms with van der Waals surface area (Å²) < 4.78 is 63.0. The molecule has 3 heterocycles. The van der Waals surface area contributed by atoms with Crippen molar-refractivity contribution in [2.45, 2.75) is 37.9 Å². The van der Waals surface area contributed by atoms with Gasteiger partial charge >= 0.3 is 6.09 Å². The number of aromatic nitrogens is 1. The van der Waals surface area contributed by atoms with Crippen LogP contribution in [0, 0.1) is 10.5 Å². The summed E-state index contributed by atoms with van der Waals surface area (Å²) in [7, 11) is -5.41. The number of pyridine rings is 1. The molecule has 10 nitrogen and oxygen atoms in total. The highest BCUT2D eigenvalue weighted by Crippen LogP contribution is 2.42. The summed E-state index contributed by atoms with van der Waals surface area (Å²) in [5, 5.41) is 2.40. The number of carbonyl (C=O) groups excluding carboxylic acids is 1. The maximum Gasteiger partial charge on any atom is 0.412 e. The Hall–Kier alpha value is -2.39. The third kappa shape index (κ3) is 6.03. The number of ether oxygens (including phenoxy) is 1. The third-order valence-corrected chi connectivity index (χ3v) is 10.6. The Balaban J connectivity index is 1.73. The third-order valence-electron chi connectivity index (χ3n) is 6.27. The van der Waals surface area contributed by atoms with E-state index in [4.69, 9.17) is 9.15 Å². The summed E-state index contributed by atoms with van der Waals surface area (Å²) in [6.07, 6.45) is 2.39. The lowest BCUT2D eigenvalue weighted by atomic mass is 10.1. The van der Waals surface area contributed by atoms with Crippen molar-refractivity contribution < 1.29 is 30.8 Å². The SMILES string of the molecule is CNC(=O)Oc1c(-c2ccc(C)cc2)oc2nc(N(CCCC3CCCS3(=O)=O)S(C)(=O)=O)c(I)cc12. The van der Waals surface area contributed by atoms with Crippen molar-refractivity contribution >= 4 is 65.5 Å². The first-order chi connectivity index (χ1) is 17.4. The van der Waals surface area contributed by atoms with Gasteiger partial charge in [-0.25, -0.2) is 21.6 Å². The second kappa shape index (κ2) is 10.8. The summed E-state index contributed by atoms with van der Waals surface area (Å²) in [5.41, 5.74) is 1.81. The Kier molecular flexibility index (Phi) is 8.04. The van der Waals surface area contributed by atoms with Gasteiger partial charge in [0.25, 0.3) is 0 Å². The second-order valence-corrected chi connectivity index (χ2v) is 14.5. The fourth-order valence-corrected chi connectivity index (χ4v) is 8.11. The van der Waals surface area contributed by atoms with E-state index < -0.39 is 31.2 Å². The lowest BCUT2D eigenvalue weighted by Gasteiger charge is -2.23. The molecule has 200 valence electrons. The van der Waals surface area contributed by atoms with Gasteiger partial charge in [0, 0.05) is 19.2 Å². The zero-order valence-corrected chi connectivity index (χ0v) is 24.4. The normalized spacial score (nSPS) is 17.1. The van der Waals surface area contributed by atoms with Gasteiger partial charge in [-0.05, 0) is 61.3 Å². The van der Waals surface area contributed by atoms with Crippen molar-refractivity contribution in [2.24, 2.45) is 0 Å². The van der Waals surface area contributed by atoms with Gasteiger partial charge in [-0.15, -0.1) is 0 Å². The number of anilines is 1. The smallest absolute Gasteiger partial charge is 0.412 e. The number of nitrogens with one attached hydrogen (secondary N) is 1. The summed E-state index contributed by atoms with van der Waals surface area (Å²) in [6.45, 7) is 2.02. The van der Waals surface area contributed by atoms with E-state index in [-0.39, 0.29) is 35.3 Å². The molecule has 0 spiro atoms. The van der Waals surface area contributed by atoms with E-state index in [2.05, 4.69) is 10.3 Å². The summed E-state index contributed by atoms with van der Waals surface area (Å²) in [4.78, 5) is 16.6. The highest BCUT2D eigenvalue weighted by molar-refractivity contribution is 14.1. The van der Waals surface area contributed by atoms with Gasteiger partial charge in [-0.1, -0.05) is 29.8 Å². The van der Waals surface area contributed by atoms with E-state index in [1.54, 1.807) is 6.07 Å². The molecule has 2 aromatic heterocycles. The number of sulfonamides is 1. The monoisotopic (exact) mass is 661 g/mol. The molecular formula is C24H28IN3O7S2. The van der Waals surface area contributed by atoms with Crippen molar-refractivity contribution in [3.63, 3.8) is 0 Å². The highest BCUT2D eigenvalue weighted by Gasteiger charge is 2.32. The molecule has 4 rings (SSSR count). The molecule has 37 heavy (non-hydrogen) atoms. The number of hydrogen-bond donors (Lipinski definition) is 1. The summed E-state index contributed by atoms with van der Waals surface area (Å²) in [6, 6.07) is 9.11. The van der Waals surface area contributed by atoms with Crippen LogP contribution < -0.4 is 14.4 Å². The van der Waals surface area contributed by atoms with Gasteiger partial charge in [0.05, 0.1) is 26.2 Å². The molecule has 0 bridgehead atoms. The lowest BCUT2D eigenvalue weighted by Crippen LogP contribution is -2.33. The van der Waals surface area contributed by atoms with Crippen LogP contribution in [-0.2, 0) is 19.9 Å². The van der Waals surface area contributed by atoms with Crippen LogP contribution in [0.2, 0.25) is 0 Å². The predicted octanol–water partition coefficient (Wildman–Crippen LogP) is 4.25. The number of benzene rings is 1. The van der Waals surface area contributed by atoms with E-state index >= 15 is 0 Å². The number of furan rings is 1. The molecule has 0 saturated carbocycles.